The van der Waals surface area contributed by atoms with Gasteiger partial charge in [0, 0.05) is 29.7 Å². The van der Waals surface area contributed by atoms with Crippen LogP contribution in [0.15, 0.2) is 24.4 Å². The van der Waals surface area contributed by atoms with E-state index in [1.807, 2.05) is 24.4 Å². The van der Waals surface area contributed by atoms with E-state index >= 15 is 0 Å². The van der Waals surface area contributed by atoms with Gasteiger partial charge in [-0.3, -0.25) is 9.59 Å². The number of halogens is 1. The Morgan fingerprint density at radius 1 is 1.31 bits per heavy atom. The highest BCUT2D eigenvalue weighted by Crippen LogP contribution is 2.23. The Labute approximate surface area is 178 Å². The Bertz CT molecular complexity index is 848. The summed E-state index contributed by atoms with van der Waals surface area (Å²) in [7, 11) is 1.65. The smallest absolute Gasteiger partial charge is 0.278 e. The van der Waals surface area contributed by atoms with Crippen LogP contribution in [0.4, 0.5) is 0 Å². The number of hydrogen-bond donors (Lipinski definition) is 2. The molecule has 2 N–H and O–H groups in total. The third-order valence-electron chi connectivity index (χ3n) is 6.03. The van der Waals surface area contributed by atoms with Gasteiger partial charge in [0.25, 0.3) is 5.91 Å². The lowest BCUT2D eigenvalue weighted by atomic mass is 10.1. The zero-order valence-corrected chi connectivity index (χ0v) is 18.2. The third kappa shape index (κ3) is 5.22. The molecule has 7 nitrogen and oxygen atoms in total. The van der Waals surface area contributed by atoms with Crippen molar-refractivity contribution in [2.45, 2.75) is 20.3 Å². The highest BCUT2D eigenvalue weighted by molar-refractivity contribution is 5.86. The van der Waals surface area contributed by atoms with Gasteiger partial charge < -0.3 is 36.8 Å². The first-order valence-electron chi connectivity index (χ1n) is 10.0. The summed E-state index contributed by atoms with van der Waals surface area (Å²) in [5.74, 6) is 0.799. The Morgan fingerprint density at radius 2 is 2.07 bits per heavy atom. The second-order valence-corrected chi connectivity index (χ2v) is 7.50. The Balaban J connectivity index is 0.00000300. The number of carbonyl (C=O) groups excluding carboxylic acids is 2. The normalized spacial score (nSPS) is 15.8. The molecule has 160 valence electrons. The van der Waals surface area contributed by atoms with Crippen LogP contribution >= 0.6 is 0 Å². The van der Waals surface area contributed by atoms with Gasteiger partial charge in [0.2, 0.25) is 5.91 Å². The molecule has 0 bridgehead atoms. The van der Waals surface area contributed by atoms with Crippen LogP contribution in [0.2, 0.25) is 0 Å². The fourth-order valence-corrected chi connectivity index (χ4v) is 3.92. The van der Waals surface area contributed by atoms with Gasteiger partial charge >= 0.3 is 0 Å². The van der Waals surface area contributed by atoms with Gasteiger partial charge in [0.05, 0.1) is 39.8 Å². The monoisotopic (exact) mass is 422 g/mol. The number of quaternary nitrogens is 1. The van der Waals surface area contributed by atoms with Crippen molar-refractivity contribution in [3.63, 3.8) is 0 Å². The van der Waals surface area contributed by atoms with Crippen LogP contribution in [0.3, 0.4) is 0 Å². The van der Waals surface area contributed by atoms with Gasteiger partial charge in [-0.1, -0.05) is 0 Å². The van der Waals surface area contributed by atoms with Crippen molar-refractivity contribution < 1.29 is 31.2 Å². The van der Waals surface area contributed by atoms with Crippen LogP contribution in [-0.2, 0) is 16.0 Å². The fourth-order valence-electron chi connectivity index (χ4n) is 3.92. The first kappa shape index (κ1) is 23.0. The number of nitrogens with zero attached hydrogens (tertiary/aromatic N) is 2. The number of aromatic nitrogens is 1. The van der Waals surface area contributed by atoms with E-state index in [0.29, 0.717) is 19.6 Å². The first-order valence-corrected chi connectivity index (χ1v) is 10.0. The average Bonchev–Trinajstić information content (AvgIpc) is 3.11. The van der Waals surface area contributed by atoms with E-state index in [4.69, 9.17) is 4.74 Å². The Hall–Kier alpha value is -2.25. The third-order valence-corrected chi connectivity index (χ3v) is 6.03. The molecule has 0 radical (unpaired) electrons. The number of hydrogen-bond acceptors (Lipinski definition) is 3. The van der Waals surface area contributed by atoms with Crippen LogP contribution < -0.4 is 22.5 Å². The van der Waals surface area contributed by atoms with Crippen molar-refractivity contribution in [2.75, 3.05) is 52.9 Å². The molecule has 1 fully saturated rings. The van der Waals surface area contributed by atoms with E-state index in [0.717, 1.165) is 52.8 Å². The number of piperazine rings is 1. The highest BCUT2D eigenvalue weighted by Gasteiger charge is 2.35. The summed E-state index contributed by atoms with van der Waals surface area (Å²) in [5, 5.41) is 4.08. The number of ether oxygens (including phenoxy) is 1. The molecule has 1 aliphatic rings. The summed E-state index contributed by atoms with van der Waals surface area (Å²) in [6.45, 7) is 8.93. The van der Waals surface area contributed by atoms with E-state index in [-0.39, 0.29) is 30.8 Å². The quantitative estimate of drug-likeness (QED) is 0.510. The van der Waals surface area contributed by atoms with E-state index < -0.39 is 0 Å². The van der Waals surface area contributed by atoms with Crippen molar-refractivity contribution in [3.05, 3.63) is 30.0 Å². The Morgan fingerprint density at radius 3 is 2.72 bits per heavy atom. The number of fused-ring (bicyclic) bond motifs is 1. The predicted octanol–water partition coefficient (Wildman–Crippen LogP) is -1.46. The van der Waals surface area contributed by atoms with Crippen LogP contribution in [0.5, 0.6) is 5.75 Å². The van der Waals surface area contributed by atoms with Crippen molar-refractivity contribution in [3.8, 4) is 5.75 Å². The molecule has 3 rings (SSSR count). The molecule has 0 aliphatic carbocycles. The van der Waals surface area contributed by atoms with Crippen molar-refractivity contribution >= 4 is 22.7 Å². The maximum Gasteiger partial charge on any atom is 0.278 e. The average molecular weight is 423 g/mol. The SMILES string of the molecule is CC[N+]1(CC)CCN(CC(=O)NCCc2c[nH]c3cc(OC)ccc23)C(=O)C1.[Cl-]. The number of carbonyl (C=O) groups is 2. The van der Waals surface area contributed by atoms with E-state index in [1.54, 1.807) is 12.0 Å². The van der Waals surface area contributed by atoms with E-state index in [2.05, 4.69) is 24.1 Å². The van der Waals surface area contributed by atoms with Crippen LogP contribution in [0, 0.1) is 0 Å². The number of benzene rings is 1. The molecular weight excluding hydrogens is 392 g/mol. The molecule has 1 aliphatic heterocycles. The molecule has 1 saturated heterocycles. The van der Waals surface area contributed by atoms with Gasteiger partial charge in [-0.15, -0.1) is 0 Å². The zero-order chi connectivity index (χ0) is 20.1. The number of likely N-dealkylation sites (N-methyl/N-ethyl adjacent to an activating group) is 1. The minimum atomic E-state index is -0.0946. The highest BCUT2D eigenvalue weighted by atomic mass is 35.5. The molecule has 29 heavy (non-hydrogen) atoms. The number of aromatic amines is 1. The van der Waals surface area contributed by atoms with Crippen LogP contribution in [0.25, 0.3) is 10.9 Å². The molecule has 1 aromatic carbocycles. The maximum absolute atomic E-state index is 12.4. The van der Waals surface area contributed by atoms with Crippen LogP contribution in [0.1, 0.15) is 19.4 Å². The second-order valence-electron chi connectivity index (χ2n) is 7.50. The van der Waals surface area contributed by atoms with Gasteiger partial charge in [-0.25, -0.2) is 0 Å². The van der Waals surface area contributed by atoms with Gasteiger partial charge in [-0.2, -0.15) is 0 Å². The minimum Gasteiger partial charge on any atom is -1.00 e. The lowest BCUT2D eigenvalue weighted by molar-refractivity contribution is -0.920. The second kappa shape index (κ2) is 9.98. The van der Waals surface area contributed by atoms with Crippen molar-refractivity contribution in [1.29, 1.82) is 0 Å². The maximum atomic E-state index is 12.4. The molecule has 0 spiro atoms. The minimum absolute atomic E-state index is 0. The molecule has 0 saturated carbocycles. The molecule has 2 amide bonds. The summed E-state index contributed by atoms with van der Waals surface area (Å²) < 4.78 is 6.06. The number of nitrogens with one attached hydrogen (secondary N) is 2. The zero-order valence-electron chi connectivity index (χ0n) is 17.5. The first-order chi connectivity index (χ1) is 13.5. The van der Waals surface area contributed by atoms with Gasteiger partial charge in [0.1, 0.15) is 5.75 Å². The van der Waals surface area contributed by atoms with E-state index in [1.165, 1.54) is 0 Å². The van der Waals surface area contributed by atoms with Crippen LogP contribution in [-0.4, -0.2) is 79.1 Å². The number of rotatable bonds is 8. The lowest BCUT2D eigenvalue weighted by Crippen LogP contribution is -3.00. The summed E-state index contributed by atoms with van der Waals surface area (Å²) in [4.78, 5) is 29.7. The largest absolute Gasteiger partial charge is 1.00 e. The number of methoxy groups -OCH3 is 1. The predicted molar refractivity (Wildman–Crippen MR) is 109 cm³/mol. The molecule has 1 aromatic heterocycles. The Kier molecular flexibility index (Phi) is 7.93. The van der Waals surface area contributed by atoms with Gasteiger partial charge in [0.15, 0.2) is 6.54 Å². The molecule has 0 unspecified atom stereocenters. The van der Waals surface area contributed by atoms with Crippen molar-refractivity contribution in [2.24, 2.45) is 0 Å². The van der Waals surface area contributed by atoms with E-state index in [9.17, 15) is 9.59 Å². The number of H-pyrrole nitrogens is 1. The summed E-state index contributed by atoms with van der Waals surface area (Å²) in [6.07, 6.45) is 2.70. The molecule has 0 atom stereocenters. The summed E-state index contributed by atoms with van der Waals surface area (Å²) in [5.41, 5.74) is 2.17. The summed E-state index contributed by atoms with van der Waals surface area (Å²) >= 11 is 0. The molecular formula is C21H31ClN4O3. The topological polar surface area (TPSA) is 74.4 Å². The molecule has 8 heteroatoms. The fraction of sp³-hybridized carbons (Fsp3) is 0.524. The standard InChI is InChI=1S/C21H30N4O3.ClH/c1-4-25(5-2)11-10-24(21(27)15-25)14-20(26)22-9-8-16-13-23-19-12-17(28-3)6-7-18(16)19;/h6-7,12-13,23H,4-5,8-11,14-15H2,1-3H3;1H. The van der Waals surface area contributed by atoms with Crippen molar-refractivity contribution in [1.82, 2.24) is 15.2 Å². The van der Waals surface area contributed by atoms with Gasteiger partial charge in [-0.05, 0) is 38.0 Å². The lowest BCUT2D eigenvalue weighted by Gasteiger charge is -2.42. The number of amides is 2. The molecule has 2 heterocycles. The summed E-state index contributed by atoms with van der Waals surface area (Å²) in [6, 6.07) is 5.93. The molecule has 2 aromatic rings.